The summed E-state index contributed by atoms with van der Waals surface area (Å²) >= 11 is 3.95. The summed E-state index contributed by atoms with van der Waals surface area (Å²) in [5, 5.41) is 2.55. The molecule has 36 heavy (non-hydrogen) atoms. The number of hydrogen-bond acceptors (Lipinski definition) is 11. The Hall–Kier alpha value is -3.13. The van der Waals surface area contributed by atoms with Crippen LogP contribution in [0, 0.1) is 0 Å². The van der Waals surface area contributed by atoms with E-state index in [2.05, 4.69) is 22.8 Å². The highest BCUT2D eigenvalue weighted by Gasteiger charge is 2.52. The van der Waals surface area contributed by atoms with Crippen molar-refractivity contribution in [2.24, 2.45) is 0 Å². The molecule has 1 fully saturated rings. The Morgan fingerprint density at radius 2 is 1.61 bits per heavy atom. The Morgan fingerprint density at radius 3 is 2.31 bits per heavy atom. The minimum absolute atomic E-state index is 0.0859. The molecule has 0 aliphatic carbocycles. The first kappa shape index (κ1) is 23.3. The van der Waals surface area contributed by atoms with E-state index in [9.17, 15) is 9.59 Å². The number of β-lactam (4-membered cyclic amide) rings is 1. The Balaban J connectivity index is 1.03. The molecule has 6 rings (SSSR count). The number of nitrogens with zero attached hydrogens (tertiary/aromatic N) is 5. The minimum atomic E-state index is -0.629. The van der Waals surface area contributed by atoms with Gasteiger partial charge in [-0.2, -0.15) is 17.5 Å². The van der Waals surface area contributed by atoms with Crippen molar-refractivity contribution in [2.75, 3.05) is 12.4 Å². The van der Waals surface area contributed by atoms with Crippen LogP contribution in [0.4, 0.5) is 4.79 Å². The maximum absolute atomic E-state index is 13.0. The second-order valence-electron chi connectivity index (χ2n) is 8.50. The number of hydrogen-bond donors (Lipinski definition) is 1. The molecule has 2 aromatic heterocycles. The smallest absolute Gasteiger partial charge is 0.408 e. The van der Waals surface area contributed by atoms with E-state index in [4.69, 9.17) is 9.47 Å². The van der Waals surface area contributed by atoms with Crippen molar-refractivity contribution in [3.8, 4) is 0 Å². The van der Waals surface area contributed by atoms with Crippen LogP contribution < -0.4 is 5.32 Å². The molecule has 4 aromatic rings. The maximum Gasteiger partial charge on any atom is 0.408 e. The first-order chi connectivity index (χ1) is 17.6. The molecule has 2 amide bonds. The average molecular weight is 541 g/mol. The highest BCUT2D eigenvalue weighted by molar-refractivity contribution is 8.00. The van der Waals surface area contributed by atoms with Crippen LogP contribution >= 0.6 is 35.2 Å². The summed E-state index contributed by atoms with van der Waals surface area (Å²) in [7, 11) is 0. The molecule has 2 aliphatic heterocycles. The largest absolute Gasteiger partial charge is 0.445 e. The van der Waals surface area contributed by atoms with Crippen LogP contribution in [-0.2, 0) is 27.5 Å². The van der Waals surface area contributed by atoms with Crippen molar-refractivity contribution in [3.05, 3.63) is 58.8 Å². The number of amides is 2. The van der Waals surface area contributed by atoms with E-state index in [-0.39, 0.29) is 17.9 Å². The standard InChI is InChI=1S/C23H20N6O4S3/c1-12-11-34-22-20(24-23(31)33-9-14-3-5-16-18(7-14)28-36-26-16)21(30)29(22)19(12)10-32-8-13-2-4-15-17(6-13)27-35-25-15/h2-7,20,22H,8-11H2,1H3,(H,24,31). The van der Waals surface area contributed by atoms with E-state index < -0.39 is 12.1 Å². The summed E-state index contributed by atoms with van der Waals surface area (Å²) in [5.74, 6) is 0.602. The summed E-state index contributed by atoms with van der Waals surface area (Å²) in [6.07, 6.45) is -0.624. The second kappa shape index (κ2) is 9.73. The zero-order valence-corrected chi connectivity index (χ0v) is 21.5. The first-order valence-electron chi connectivity index (χ1n) is 11.1. The summed E-state index contributed by atoms with van der Waals surface area (Å²) in [6.45, 7) is 2.81. The van der Waals surface area contributed by atoms with Gasteiger partial charge in [0.05, 0.1) is 36.7 Å². The van der Waals surface area contributed by atoms with Crippen molar-refractivity contribution < 1.29 is 19.1 Å². The number of ether oxygens (including phenoxy) is 2. The Morgan fingerprint density at radius 1 is 0.972 bits per heavy atom. The lowest BCUT2D eigenvalue weighted by Crippen LogP contribution is -2.70. The zero-order chi connectivity index (χ0) is 24.6. The number of fused-ring (bicyclic) bond motifs is 3. The van der Waals surface area contributed by atoms with Gasteiger partial charge in [-0.3, -0.25) is 9.69 Å². The third-order valence-electron chi connectivity index (χ3n) is 6.08. The van der Waals surface area contributed by atoms with Gasteiger partial charge in [0.1, 0.15) is 40.1 Å². The van der Waals surface area contributed by atoms with Crippen LogP contribution in [0.3, 0.4) is 0 Å². The summed E-state index contributed by atoms with van der Waals surface area (Å²) in [4.78, 5) is 27.1. The molecule has 2 aromatic carbocycles. The number of nitrogens with one attached hydrogen (secondary N) is 1. The zero-order valence-electron chi connectivity index (χ0n) is 19.0. The third kappa shape index (κ3) is 4.43. The van der Waals surface area contributed by atoms with Gasteiger partial charge in [0.15, 0.2) is 0 Å². The van der Waals surface area contributed by atoms with E-state index in [0.29, 0.717) is 13.2 Å². The van der Waals surface area contributed by atoms with Crippen molar-refractivity contribution in [2.45, 2.75) is 31.6 Å². The van der Waals surface area contributed by atoms with Crippen molar-refractivity contribution in [1.82, 2.24) is 27.7 Å². The van der Waals surface area contributed by atoms with Crippen LogP contribution in [0.1, 0.15) is 18.1 Å². The van der Waals surface area contributed by atoms with Crippen molar-refractivity contribution in [3.63, 3.8) is 0 Å². The monoisotopic (exact) mass is 540 g/mol. The quantitative estimate of drug-likeness (QED) is 0.350. The fourth-order valence-corrected chi connectivity index (χ4v) is 6.54. The molecule has 0 spiro atoms. The van der Waals surface area contributed by atoms with Gasteiger partial charge in [-0.1, -0.05) is 12.1 Å². The highest BCUT2D eigenvalue weighted by atomic mass is 32.2. The normalized spacial score (nSPS) is 19.5. The molecule has 0 radical (unpaired) electrons. The van der Waals surface area contributed by atoms with E-state index in [1.54, 1.807) is 16.7 Å². The predicted molar refractivity (Wildman–Crippen MR) is 137 cm³/mol. The number of carbonyl (C=O) groups is 2. The SMILES string of the molecule is CC1=C(COCc2ccc3nsnc3c2)N2C(=O)C(NC(=O)OCc3ccc4nsnc4c3)C2SC1. The Labute approximate surface area is 218 Å². The second-order valence-corrected chi connectivity index (χ2v) is 10.7. The molecule has 2 atom stereocenters. The molecule has 2 unspecified atom stereocenters. The first-order valence-corrected chi connectivity index (χ1v) is 13.6. The van der Waals surface area contributed by atoms with E-state index in [1.165, 1.54) is 11.7 Å². The number of rotatable bonds is 7. The van der Waals surface area contributed by atoms with Gasteiger partial charge in [0.2, 0.25) is 0 Å². The fourth-order valence-electron chi connectivity index (χ4n) is 4.16. The summed E-state index contributed by atoms with van der Waals surface area (Å²) in [6, 6.07) is 10.8. The number of thioether (sulfide) groups is 1. The molecule has 0 saturated carbocycles. The number of alkyl carbamates (subject to hydrolysis) is 1. The van der Waals surface area contributed by atoms with Gasteiger partial charge in [-0.05, 0) is 47.9 Å². The molecular weight excluding hydrogens is 520 g/mol. The summed E-state index contributed by atoms with van der Waals surface area (Å²) < 4.78 is 28.1. The average Bonchev–Trinajstić information content (AvgIpc) is 3.55. The van der Waals surface area contributed by atoms with Crippen LogP contribution in [-0.4, -0.2) is 58.2 Å². The Bertz CT molecular complexity index is 1500. The minimum Gasteiger partial charge on any atom is -0.445 e. The van der Waals surface area contributed by atoms with Crippen LogP contribution in [0.15, 0.2) is 47.7 Å². The van der Waals surface area contributed by atoms with Gasteiger partial charge in [0, 0.05) is 11.4 Å². The molecule has 184 valence electrons. The molecule has 1 saturated heterocycles. The van der Waals surface area contributed by atoms with Crippen LogP contribution in [0.5, 0.6) is 0 Å². The fraction of sp³-hybridized carbons (Fsp3) is 0.304. The number of aromatic nitrogens is 4. The van der Waals surface area contributed by atoms with E-state index in [0.717, 1.165) is 61.9 Å². The number of benzene rings is 2. The van der Waals surface area contributed by atoms with Gasteiger partial charge in [0.25, 0.3) is 5.91 Å². The van der Waals surface area contributed by atoms with Gasteiger partial charge in [-0.15, -0.1) is 11.8 Å². The topological polar surface area (TPSA) is 119 Å². The third-order valence-corrected chi connectivity index (χ3v) is 8.62. The molecular formula is C23H20N6O4S3. The van der Waals surface area contributed by atoms with Gasteiger partial charge in [-0.25, -0.2) is 4.79 Å². The van der Waals surface area contributed by atoms with Crippen molar-refractivity contribution in [1.29, 1.82) is 0 Å². The Kier molecular flexibility index (Phi) is 6.29. The molecule has 13 heteroatoms. The lowest BCUT2D eigenvalue weighted by atomic mass is 10.0. The van der Waals surface area contributed by atoms with E-state index in [1.807, 2.05) is 43.3 Å². The molecule has 2 aliphatic rings. The predicted octanol–water partition coefficient (Wildman–Crippen LogP) is 3.70. The number of carbonyl (C=O) groups excluding carboxylic acids is 2. The lowest BCUT2D eigenvalue weighted by Gasteiger charge is -2.50. The van der Waals surface area contributed by atoms with Gasteiger partial charge < -0.3 is 14.8 Å². The highest BCUT2D eigenvalue weighted by Crippen LogP contribution is 2.40. The van der Waals surface area contributed by atoms with Gasteiger partial charge >= 0.3 is 6.09 Å². The lowest BCUT2D eigenvalue weighted by molar-refractivity contribution is -0.143. The molecule has 1 N–H and O–H groups in total. The van der Waals surface area contributed by atoms with Crippen molar-refractivity contribution >= 4 is 69.3 Å². The van der Waals surface area contributed by atoms with Crippen LogP contribution in [0.2, 0.25) is 0 Å². The molecule has 10 nitrogen and oxygen atoms in total. The maximum atomic E-state index is 13.0. The molecule has 0 bridgehead atoms. The van der Waals surface area contributed by atoms with E-state index >= 15 is 0 Å². The summed E-state index contributed by atoms with van der Waals surface area (Å²) in [5.41, 5.74) is 7.06. The van der Waals surface area contributed by atoms with Crippen LogP contribution in [0.25, 0.3) is 22.1 Å². The molecule has 4 heterocycles.